The molecule has 1 saturated heterocycles. The summed E-state index contributed by atoms with van der Waals surface area (Å²) in [5.74, 6) is -0.371. The van der Waals surface area contributed by atoms with Gasteiger partial charge >= 0.3 is 6.09 Å². The molecular weight excluding hydrogens is 234 g/mol. The van der Waals surface area contributed by atoms with E-state index in [2.05, 4.69) is 0 Å². The molecule has 5 heteroatoms. The van der Waals surface area contributed by atoms with E-state index < -0.39 is 6.09 Å². The van der Waals surface area contributed by atoms with E-state index in [-0.39, 0.29) is 25.1 Å². The number of carboxylic acid groups (broad SMARTS) is 1. The highest BCUT2D eigenvalue weighted by Crippen LogP contribution is 2.19. The standard InChI is InChI=1S/C13H15NO4/c15-8-11-6-14(13(16)17)7-12(11)18-9-10-4-2-1-3-5-10/h1-5,8,11-12H,6-7,9H2,(H,16,17). The Hall–Kier alpha value is -1.88. The van der Waals surface area contributed by atoms with Gasteiger partial charge < -0.3 is 19.5 Å². The third-order valence-corrected chi connectivity index (χ3v) is 3.06. The highest BCUT2D eigenvalue weighted by atomic mass is 16.5. The average molecular weight is 249 g/mol. The molecule has 1 N–H and O–H groups in total. The second-order valence-electron chi connectivity index (χ2n) is 4.32. The Bertz CT molecular complexity index is 420. The lowest BCUT2D eigenvalue weighted by Gasteiger charge is -2.14. The Labute approximate surface area is 105 Å². The van der Waals surface area contributed by atoms with Gasteiger partial charge in [0.25, 0.3) is 0 Å². The molecule has 2 rings (SSSR count). The van der Waals surface area contributed by atoms with Crippen LogP contribution >= 0.6 is 0 Å². The fourth-order valence-electron chi connectivity index (χ4n) is 2.04. The Kier molecular flexibility index (Phi) is 3.94. The van der Waals surface area contributed by atoms with Gasteiger partial charge in [-0.15, -0.1) is 0 Å². The quantitative estimate of drug-likeness (QED) is 0.819. The molecule has 5 nitrogen and oxygen atoms in total. The summed E-state index contributed by atoms with van der Waals surface area (Å²) in [6.45, 7) is 0.868. The van der Waals surface area contributed by atoms with Crippen molar-refractivity contribution in [3.8, 4) is 0 Å². The zero-order valence-corrected chi connectivity index (χ0v) is 9.86. The zero-order chi connectivity index (χ0) is 13.0. The van der Waals surface area contributed by atoms with E-state index in [0.29, 0.717) is 6.61 Å². The van der Waals surface area contributed by atoms with Crippen molar-refractivity contribution in [1.29, 1.82) is 0 Å². The van der Waals surface area contributed by atoms with E-state index in [4.69, 9.17) is 9.84 Å². The Balaban J connectivity index is 1.92. The van der Waals surface area contributed by atoms with Crippen LogP contribution in [0.1, 0.15) is 5.56 Å². The molecule has 1 aromatic carbocycles. The SMILES string of the molecule is O=CC1CN(C(=O)O)CC1OCc1ccccc1. The first-order valence-electron chi connectivity index (χ1n) is 5.79. The van der Waals surface area contributed by atoms with Crippen molar-refractivity contribution in [3.05, 3.63) is 35.9 Å². The number of carbonyl (C=O) groups is 2. The molecule has 1 aromatic rings. The van der Waals surface area contributed by atoms with Gasteiger partial charge in [0, 0.05) is 6.54 Å². The van der Waals surface area contributed by atoms with Crippen molar-refractivity contribution in [2.24, 2.45) is 5.92 Å². The van der Waals surface area contributed by atoms with E-state index in [1.54, 1.807) is 0 Å². The molecular formula is C13H15NO4. The molecule has 1 fully saturated rings. The number of carbonyl (C=O) groups excluding carboxylic acids is 1. The van der Waals surface area contributed by atoms with Crippen molar-refractivity contribution in [1.82, 2.24) is 4.90 Å². The summed E-state index contributed by atoms with van der Waals surface area (Å²) in [4.78, 5) is 23.0. The number of aldehydes is 1. The molecule has 2 unspecified atom stereocenters. The molecule has 1 aliphatic heterocycles. The topological polar surface area (TPSA) is 66.8 Å². The van der Waals surface area contributed by atoms with Crippen LogP contribution in [0, 0.1) is 5.92 Å². The fraction of sp³-hybridized carbons (Fsp3) is 0.385. The summed E-state index contributed by atoms with van der Waals surface area (Å²) in [6.07, 6.45) is -0.579. The third kappa shape index (κ3) is 2.87. The summed E-state index contributed by atoms with van der Waals surface area (Å²) in [5, 5.41) is 8.88. The largest absolute Gasteiger partial charge is 0.465 e. The molecule has 0 saturated carbocycles. The Morgan fingerprint density at radius 1 is 1.39 bits per heavy atom. The van der Waals surface area contributed by atoms with Crippen molar-refractivity contribution in [2.75, 3.05) is 13.1 Å². The molecule has 1 heterocycles. The molecule has 0 aliphatic carbocycles. The first-order valence-corrected chi connectivity index (χ1v) is 5.79. The maximum atomic E-state index is 10.9. The Morgan fingerprint density at radius 2 is 2.11 bits per heavy atom. The molecule has 0 spiro atoms. The summed E-state index contributed by atoms with van der Waals surface area (Å²) < 4.78 is 5.64. The number of rotatable bonds is 4. The maximum absolute atomic E-state index is 10.9. The van der Waals surface area contributed by atoms with Gasteiger partial charge in [-0.2, -0.15) is 0 Å². The van der Waals surface area contributed by atoms with Crippen molar-refractivity contribution < 1.29 is 19.4 Å². The summed E-state index contributed by atoms with van der Waals surface area (Å²) in [5.41, 5.74) is 1.01. The lowest BCUT2D eigenvalue weighted by molar-refractivity contribution is -0.114. The van der Waals surface area contributed by atoms with Crippen LogP contribution in [0.25, 0.3) is 0 Å². The number of hydrogen-bond donors (Lipinski definition) is 1. The molecule has 18 heavy (non-hydrogen) atoms. The number of ether oxygens (including phenoxy) is 1. The van der Waals surface area contributed by atoms with Gasteiger partial charge in [0.15, 0.2) is 0 Å². The highest BCUT2D eigenvalue weighted by Gasteiger charge is 2.35. The van der Waals surface area contributed by atoms with Crippen LogP contribution < -0.4 is 0 Å². The molecule has 0 radical (unpaired) electrons. The number of nitrogens with zero attached hydrogens (tertiary/aromatic N) is 1. The molecule has 1 aliphatic rings. The predicted molar refractivity (Wildman–Crippen MR) is 64.2 cm³/mol. The third-order valence-electron chi connectivity index (χ3n) is 3.06. The summed E-state index contributed by atoms with van der Waals surface area (Å²) in [7, 11) is 0. The minimum absolute atomic E-state index is 0.221. The van der Waals surface area contributed by atoms with Crippen molar-refractivity contribution >= 4 is 12.4 Å². The number of likely N-dealkylation sites (tertiary alicyclic amines) is 1. The Morgan fingerprint density at radius 3 is 2.72 bits per heavy atom. The van der Waals surface area contributed by atoms with Crippen molar-refractivity contribution in [2.45, 2.75) is 12.7 Å². The fourth-order valence-corrected chi connectivity index (χ4v) is 2.04. The average Bonchev–Trinajstić information content (AvgIpc) is 2.81. The number of hydrogen-bond acceptors (Lipinski definition) is 3. The van der Waals surface area contributed by atoms with Crippen molar-refractivity contribution in [3.63, 3.8) is 0 Å². The van der Waals surface area contributed by atoms with Gasteiger partial charge in [-0.3, -0.25) is 0 Å². The van der Waals surface area contributed by atoms with Crippen LogP contribution in [-0.2, 0) is 16.1 Å². The second-order valence-corrected chi connectivity index (χ2v) is 4.32. The normalized spacial score (nSPS) is 23.0. The van der Waals surface area contributed by atoms with Gasteiger partial charge in [-0.1, -0.05) is 30.3 Å². The second kappa shape index (κ2) is 5.64. The van der Waals surface area contributed by atoms with Gasteiger partial charge in [-0.25, -0.2) is 4.79 Å². The number of benzene rings is 1. The van der Waals surface area contributed by atoms with Crippen LogP contribution in [0.15, 0.2) is 30.3 Å². The first kappa shape index (κ1) is 12.6. The monoisotopic (exact) mass is 249 g/mol. The zero-order valence-electron chi connectivity index (χ0n) is 9.86. The smallest absolute Gasteiger partial charge is 0.407 e. The lowest BCUT2D eigenvalue weighted by atomic mass is 10.1. The van der Waals surface area contributed by atoms with E-state index >= 15 is 0 Å². The van der Waals surface area contributed by atoms with Crippen LogP contribution in [0.3, 0.4) is 0 Å². The van der Waals surface area contributed by atoms with Crippen LogP contribution in [0.4, 0.5) is 4.79 Å². The first-order chi connectivity index (χ1) is 8.70. The predicted octanol–water partition coefficient (Wildman–Crippen LogP) is 1.38. The molecule has 0 bridgehead atoms. The molecule has 2 atom stereocenters. The van der Waals surface area contributed by atoms with Gasteiger partial charge in [0.05, 0.1) is 25.2 Å². The molecule has 0 aromatic heterocycles. The molecule has 96 valence electrons. The highest BCUT2D eigenvalue weighted by molar-refractivity contribution is 5.67. The van der Waals surface area contributed by atoms with Crippen LogP contribution in [-0.4, -0.2) is 41.6 Å². The lowest BCUT2D eigenvalue weighted by Crippen LogP contribution is -2.28. The van der Waals surface area contributed by atoms with E-state index in [9.17, 15) is 9.59 Å². The summed E-state index contributed by atoms with van der Waals surface area (Å²) >= 11 is 0. The van der Waals surface area contributed by atoms with Crippen LogP contribution in [0.2, 0.25) is 0 Å². The van der Waals surface area contributed by atoms with Gasteiger partial charge in [0.2, 0.25) is 0 Å². The summed E-state index contributed by atoms with van der Waals surface area (Å²) in [6, 6.07) is 9.60. The molecule has 1 amide bonds. The van der Waals surface area contributed by atoms with E-state index in [0.717, 1.165) is 11.8 Å². The minimum Gasteiger partial charge on any atom is -0.465 e. The van der Waals surface area contributed by atoms with E-state index in [1.165, 1.54) is 4.90 Å². The van der Waals surface area contributed by atoms with Crippen LogP contribution in [0.5, 0.6) is 0 Å². The minimum atomic E-state index is -1.01. The number of amides is 1. The van der Waals surface area contributed by atoms with Gasteiger partial charge in [-0.05, 0) is 5.56 Å². The maximum Gasteiger partial charge on any atom is 0.407 e. The van der Waals surface area contributed by atoms with E-state index in [1.807, 2.05) is 30.3 Å². The van der Waals surface area contributed by atoms with Gasteiger partial charge in [0.1, 0.15) is 6.29 Å².